The molecule has 2 bridgehead atoms. The zero-order valence-electron chi connectivity index (χ0n) is 11.1. The van der Waals surface area contributed by atoms with E-state index in [1.54, 1.807) is 0 Å². The first-order valence-corrected chi connectivity index (χ1v) is 6.82. The van der Waals surface area contributed by atoms with E-state index in [0.717, 1.165) is 25.8 Å². The highest BCUT2D eigenvalue weighted by atomic mass is 16.4. The van der Waals surface area contributed by atoms with Crippen LogP contribution in [0.15, 0.2) is 0 Å². The van der Waals surface area contributed by atoms with Gasteiger partial charge in [0.2, 0.25) is 0 Å². The van der Waals surface area contributed by atoms with Crippen LogP contribution in [0.1, 0.15) is 39.5 Å². The number of urea groups is 1. The summed E-state index contributed by atoms with van der Waals surface area (Å²) in [5.74, 6) is -0.360. The second-order valence-electron chi connectivity index (χ2n) is 5.64. The van der Waals surface area contributed by atoms with Crippen molar-refractivity contribution in [2.75, 3.05) is 6.54 Å². The van der Waals surface area contributed by atoms with Crippen LogP contribution in [0.3, 0.4) is 0 Å². The van der Waals surface area contributed by atoms with E-state index in [9.17, 15) is 9.59 Å². The van der Waals surface area contributed by atoms with E-state index in [1.165, 1.54) is 6.42 Å². The number of rotatable bonds is 4. The lowest BCUT2D eigenvalue weighted by Crippen LogP contribution is -2.52. The van der Waals surface area contributed by atoms with Crippen molar-refractivity contribution in [1.29, 1.82) is 0 Å². The summed E-state index contributed by atoms with van der Waals surface area (Å²) < 4.78 is 0. The molecule has 18 heavy (non-hydrogen) atoms. The molecule has 4 atom stereocenters. The Morgan fingerprint density at radius 1 is 1.44 bits per heavy atom. The molecule has 2 aliphatic rings. The number of hydrogen-bond donors (Lipinski definition) is 2. The molecular weight excluding hydrogens is 232 g/mol. The Balaban J connectivity index is 1.95. The molecular formula is C13H22N2O3. The normalized spacial score (nSPS) is 29.1. The molecule has 0 aromatic carbocycles. The molecule has 0 aromatic heterocycles. The fourth-order valence-electron chi connectivity index (χ4n) is 3.07. The third kappa shape index (κ3) is 2.44. The number of likely N-dealkylation sites (tertiary alicyclic amines) is 1. The molecule has 1 saturated heterocycles. The number of nitrogens with one attached hydrogen (secondary N) is 1. The molecule has 1 aliphatic carbocycles. The van der Waals surface area contributed by atoms with Gasteiger partial charge in [0.1, 0.15) is 6.04 Å². The summed E-state index contributed by atoms with van der Waals surface area (Å²) in [6.45, 7) is 4.59. The predicted octanol–water partition coefficient (Wildman–Crippen LogP) is 1.68. The lowest BCUT2D eigenvalue weighted by Gasteiger charge is -2.30. The van der Waals surface area contributed by atoms with Gasteiger partial charge in [0.05, 0.1) is 0 Å². The number of amides is 2. The minimum Gasteiger partial charge on any atom is -0.480 e. The molecule has 1 heterocycles. The molecule has 2 N–H and O–H groups in total. The smallest absolute Gasteiger partial charge is 0.326 e. The van der Waals surface area contributed by atoms with E-state index in [4.69, 9.17) is 5.11 Å². The molecule has 0 aromatic rings. The summed E-state index contributed by atoms with van der Waals surface area (Å²) in [5.41, 5.74) is 0. The first-order chi connectivity index (χ1) is 8.52. The molecule has 0 radical (unpaired) electrons. The van der Waals surface area contributed by atoms with Crippen molar-refractivity contribution in [2.24, 2.45) is 11.8 Å². The SMILES string of the molecule is CCC(C)[C@H](NC(=O)N1CC2CCC1C2)C(=O)O. The highest BCUT2D eigenvalue weighted by Crippen LogP contribution is 2.37. The van der Waals surface area contributed by atoms with E-state index in [1.807, 2.05) is 18.7 Å². The van der Waals surface area contributed by atoms with Crippen molar-refractivity contribution in [3.05, 3.63) is 0 Å². The summed E-state index contributed by atoms with van der Waals surface area (Å²) in [5, 5.41) is 11.8. The first kappa shape index (κ1) is 13.2. The Hall–Kier alpha value is -1.26. The Labute approximate surface area is 108 Å². The lowest BCUT2D eigenvalue weighted by atomic mass is 9.99. The topological polar surface area (TPSA) is 69.6 Å². The van der Waals surface area contributed by atoms with Gasteiger partial charge < -0.3 is 15.3 Å². The Morgan fingerprint density at radius 2 is 2.17 bits per heavy atom. The summed E-state index contributed by atoms with van der Waals surface area (Å²) in [6.07, 6.45) is 4.11. The van der Waals surface area contributed by atoms with Gasteiger partial charge in [-0.05, 0) is 31.1 Å². The van der Waals surface area contributed by atoms with Crippen LogP contribution in [0.25, 0.3) is 0 Å². The van der Waals surface area contributed by atoms with Gasteiger partial charge >= 0.3 is 12.0 Å². The zero-order chi connectivity index (χ0) is 13.3. The third-order valence-corrected chi connectivity index (χ3v) is 4.43. The number of fused-ring (bicyclic) bond motifs is 2. The second-order valence-corrected chi connectivity index (χ2v) is 5.64. The summed E-state index contributed by atoms with van der Waals surface area (Å²) in [4.78, 5) is 25.1. The highest BCUT2D eigenvalue weighted by molar-refractivity contribution is 5.83. The number of carboxylic acids is 1. The second kappa shape index (κ2) is 5.16. The van der Waals surface area contributed by atoms with Crippen LogP contribution in [-0.2, 0) is 4.79 Å². The van der Waals surface area contributed by atoms with Crippen LogP contribution in [0, 0.1) is 11.8 Å². The molecule has 1 aliphatic heterocycles. The fourth-order valence-corrected chi connectivity index (χ4v) is 3.07. The van der Waals surface area contributed by atoms with Crippen LogP contribution in [0.4, 0.5) is 4.79 Å². The van der Waals surface area contributed by atoms with Crippen LogP contribution < -0.4 is 5.32 Å². The van der Waals surface area contributed by atoms with Gasteiger partial charge in [0.15, 0.2) is 0 Å². The lowest BCUT2D eigenvalue weighted by molar-refractivity contribution is -0.140. The summed E-state index contributed by atoms with van der Waals surface area (Å²) >= 11 is 0. The zero-order valence-corrected chi connectivity index (χ0v) is 11.1. The van der Waals surface area contributed by atoms with E-state index in [2.05, 4.69) is 5.32 Å². The number of carboxylic acid groups (broad SMARTS) is 1. The molecule has 102 valence electrons. The van der Waals surface area contributed by atoms with E-state index in [0.29, 0.717) is 12.0 Å². The van der Waals surface area contributed by atoms with Crippen molar-refractivity contribution in [1.82, 2.24) is 10.2 Å². The molecule has 3 unspecified atom stereocenters. The number of carbonyl (C=O) groups is 2. The molecule has 0 spiro atoms. The largest absolute Gasteiger partial charge is 0.480 e. The number of hydrogen-bond acceptors (Lipinski definition) is 2. The van der Waals surface area contributed by atoms with E-state index < -0.39 is 12.0 Å². The minimum atomic E-state index is -0.943. The van der Waals surface area contributed by atoms with Crippen molar-refractivity contribution in [3.63, 3.8) is 0 Å². The van der Waals surface area contributed by atoms with Crippen molar-refractivity contribution < 1.29 is 14.7 Å². The van der Waals surface area contributed by atoms with E-state index >= 15 is 0 Å². The van der Waals surface area contributed by atoms with Crippen LogP contribution in [0.5, 0.6) is 0 Å². The van der Waals surface area contributed by atoms with Gasteiger partial charge in [-0.3, -0.25) is 0 Å². The summed E-state index contributed by atoms with van der Waals surface area (Å²) in [6, 6.07) is -0.641. The molecule has 5 heteroatoms. The van der Waals surface area contributed by atoms with Gasteiger partial charge in [0.25, 0.3) is 0 Å². The van der Waals surface area contributed by atoms with E-state index in [-0.39, 0.29) is 11.9 Å². The van der Waals surface area contributed by atoms with Gasteiger partial charge in [-0.1, -0.05) is 20.3 Å². The highest BCUT2D eigenvalue weighted by Gasteiger charge is 2.41. The maximum Gasteiger partial charge on any atom is 0.326 e. The number of carbonyl (C=O) groups excluding carboxylic acids is 1. The van der Waals surface area contributed by atoms with Crippen molar-refractivity contribution in [3.8, 4) is 0 Å². The average molecular weight is 254 g/mol. The van der Waals surface area contributed by atoms with Crippen molar-refractivity contribution >= 4 is 12.0 Å². The first-order valence-electron chi connectivity index (χ1n) is 6.82. The Kier molecular flexibility index (Phi) is 3.78. The van der Waals surface area contributed by atoms with Crippen molar-refractivity contribution in [2.45, 2.75) is 51.6 Å². The van der Waals surface area contributed by atoms with Crippen LogP contribution in [0.2, 0.25) is 0 Å². The average Bonchev–Trinajstić information content (AvgIpc) is 2.96. The molecule has 5 nitrogen and oxygen atoms in total. The van der Waals surface area contributed by atoms with Gasteiger partial charge in [0, 0.05) is 12.6 Å². The maximum atomic E-state index is 12.1. The quantitative estimate of drug-likeness (QED) is 0.802. The molecule has 2 rings (SSSR count). The standard InChI is InChI=1S/C13H22N2O3/c1-3-8(2)11(12(16)17)14-13(18)15-7-9-4-5-10(15)6-9/h8-11H,3-7H2,1-2H3,(H,14,18)(H,16,17)/t8?,9?,10?,11-/m0/s1. The minimum absolute atomic E-state index is 0.0498. The van der Waals surface area contributed by atoms with Gasteiger partial charge in [-0.25, -0.2) is 9.59 Å². The number of nitrogens with zero attached hydrogens (tertiary/aromatic N) is 1. The predicted molar refractivity (Wildman–Crippen MR) is 67.2 cm³/mol. The summed E-state index contributed by atoms with van der Waals surface area (Å²) in [7, 11) is 0. The monoisotopic (exact) mass is 254 g/mol. The Morgan fingerprint density at radius 3 is 2.61 bits per heavy atom. The number of aliphatic carboxylic acids is 1. The molecule has 2 fully saturated rings. The molecule has 1 saturated carbocycles. The third-order valence-electron chi connectivity index (χ3n) is 4.43. The van der Waals surface area contributed by atoms with Gasteiger partial charge in [-0.15, -0.1) is 0 Å². The number of piperidine rings is 1. The fraction of sp³-hybridized carbons (Fsp3) is 0.846. The van der Waals surface area contributed by atoms with Crippen LogP contribution in [-0.4, -0.2) is 40.6 Å². The van der Waals surface area contributed by atoms with Crippen LogP contribution >= 0.6 is 0 Å². The van der Waals surface area contributed by atoms with Gasteiger partial charge in [-0.2, -0.15) is 0 Å². The molecule has 2 amide bonds. The Bertz CT molecular complexity index is 345. The maximum absolute atomic E-state index is 12.1.